The van der Waals surface area contributed by atoms with E-state index in [1.165, 1.54) is 23.6 Å². The summed E-state index contributed by atoms with van der Waals surface area (Å²) in [5.41, 5.74) is 3.92. The molecule has 1 saturated heterocycles. The Bertz CT molecular complexity index is 815. The van der Waals surface area contributed by atoms with Gasteiger partial charge in [-0.15, -0.1) is 0 Å². The number of rotatable bonds is 2. The Morgan fingerprint density at radius 3 is 2.55 bits per heavy atom. The Balaban J connectivity index is 1.85. The van der Waals surface area contributed by atoms with Crippen molar-refractivity contribution < 1.29 is 19.0 Å². The number of ether oxygens (including phenoxy) is 3. The summed E-state index contributed by atoms with van der Waals surface area (Å²) in [5, 5.41) is 0. The Kier molecular flexibility index (Phi) is 4.90. The minimum atomic E-state index is -0.534. The molecule has 0 radical (unpaired) electrons. The van der Waals surface area contributed by atoms with Crippen LogP contribution in [0.1, 0.15) is 74.1 Å². The molecule has 0 saturated carbocycles. The maximum absolute atomic E-state index is 11.8. The first kappa shape index (κ1) is 20.9. The van der Waals surface area contributed by atoms with Crippen molar-refractivity contribution in [3.8, 4) is 0 Å². The van der Waals surface area contributed by atoms with Crippen LogP contribution >= 0.6 is 0 Å². The lowest BCUT2D eigenvalue weighted by molar-refractivity contribution is -0.255. The molecule has 1 heterocycles. The highest BCUT2D eigenvalue weighted by Crippen LogP contribution is 2.60. The molecule has 1 fully saturated rings. The van der Waals surface area contributed by atoms with Crippen molar-refractivity contribution in [1.82, 2.24) is 0 Å². The predicted molar refractivity (Wildman–Crippen MR) is 113 cm³/mol. The van der Waals surface area contributed by atoms with Crippen molar-refractivity contribution >= 4 is 5.97 Å². The van der Waals surface area contributed by atoms with E-state index in [1.807, 2.05) is 13.8 Å². The van der Waals surface area contributed by atoms with Gasteiger partial charge in [0.05, 0.1) is 12.7 Å². The summed E-state index contributed by atoms with van der Waals surface area (Å²) in [7, 11) is 0. The van der Waals surface area contributed by atoms with Crippen LogP contribution in [0.25, 0.3) is 0 Å². The van der Waals surface area contributed by atoms with Crippen LogP contribution in [-0.4, -0.2) is 24.5 Å². The van der Waals surface area contributed by atoms with Crippen LogP contribution in [0, 0.1) is 22.7 Å². The predicted octanol–water partition coefficient (Wildman–Crippen LogP) is 5.69. The molecule has 0 spiro atoms. The van der Waals surface area contributed by atoms with E-state index in [0.29, 0.717) is 18.4 Å². The van der Waals surface area contributed by atoms with Crippen molar-refractivity contribution in [3.05, 3.63) is 34.6 Å². The first-order valence-electron chi connectivity index (χ1n) is 11.1. The first-order chi connectivity index (χ1) is 13.5. The molecule has 160 valence electrons. The molecule has 4 atom stereocenters. The monoisotopic (exact) mass is 400 g/mol. The summed E-state index contributed by atoms with van der Waals surface area (Å²) in [6, 6.07) is 0. The highest BCUT2D eigenvalue weighted by Gasteiger charge is 2.51. The van der Waals surface area contributed by atoms with Crippen LogP contribution in [-0.2, 0) is 19.0 Å². The molecular formula is C25H36O4. The summed E-state index contributed by atoms with van der Waals surface area (Å²) >= 11 is 0. The zero-order valence-electron chi connectivity index (χ0n) is 19.1. The molecule has 0 aromatic rings. The fourth-order valence-corrected chi connectivity index (χ4v) is 6.06. The largest absolute Gasteiger partial charge is 0.427 e. The highest BCUT2D eigenvalue weighted by molar-refractivity contribution is 5.69. The van der Waals surface area contributed by atoms with Gasteiger partial charge >= 0.3 is 5.97 Å². The van der Waals surface area contributed by atoms with Crippen molar-refractivity contribution in [2.45, 2.75) is 86.0 Å². The second-order valence-electron chi connectivity index (χ2n) is 10.7. The van der Waals surface area contributed by atoms with Gasteiger partial charge in [-0.2, -0.15) is 0 Å². The number of hydrogen-bond acceptors (Lipinski definition) is 4. The lowest BCUT2D eigenvalue weighted by Gasteiger charge is -2.46. The van der Waals surface area contributed by atoms with E-state index >= 15 is 0 Å². The van der Waals surface area contributed by atoms with Crippen LogP contribution in [0.4, 0.5) is 0 Å². The summed E-state index contributed by atoms with van der Waals surface area (Å²) in [6.07, 6.45) is 9.04. The van der Waals surface area contributed by atoms with Crippen molar-refractivity contribution in [2.75, 3.05) is 6.61 Å². The lowest BCUT2D eigenvalue weighted by atomic mass is 9.65. The molecule has 4 rings (SSSR count). The van der Waals surface area contributed by atoms with Crippen LogP contribution in [0.2, 0.25) is 0 Å². The summed E-state index contributed by atoms with van der Waals surface area (Å²) in [6.45, 7) is 15.4. The van der Waals surface area contributed by atoms with Crippen LogP contribution in [0.3, 0.4) is 0 Å². The maximum atomic E-state index is 11.8. The van der Waals surface area contributed by atoms with Crippen LogP contribution < -0.4 is 0 Å². The van der Waals surface area contributed by atoms with Gasteiger partial charge in [-0.05, 0) is 74.0 Å². The summed E-state index contributed by atoms with van der Waals surface area (Å²) in [4.78, 5) is 11.8. The zero-order chi connectivity index (χ0) is 21.2. The molecular weight excluding hydrogens is 364 g/mol. The van der Waals surface area contributed by atoms with Crippen molar-refractivity contribution in [3.63, 3.8) is 0 Å². The van der Waals surface area contributed by atoms with E-state index < -0.39 is 5.79 Å². The van der Waals surface area contributed by atoms with E-state index in [9.17, 15) is 4.79 Å². The summed E-state index contributed by atoms with van der Waals surface area (Å²) < 4.78 is 18.1. The number of carbonyl (C=O) groups excluding carboxylic acids is 1. The normalized spacial score (nSPS) is 38.5. The Labute approximate surface area is 175 Å². The van der Waals surface area contributed by atoms with Crippen molar-refractivity contribution in [2.24, 2.45) is 22.7 Å². The van der Waals surface area contributed by atoms with E-state index in [-0.39, 0.29) is 22.9 Å². The minimum absolute atomic E-state index is 0.0159. The topological polar surface area (TPSA) is 44.8 Å². The Morgan fingerprint density at radius 2 is 1.90 bits per heavy atom. The molecule has 0 bridgehead atoms. The first-order valence-corrected chi connectivity index (χ1v) is 11.1. The standard InChI is InChI=1S/C25H36O4/c1-15(2)18-13-22(28-16(3)26)20-12-19-17-14-27-23(4,5)29-21(17)8-9-24(19,6)10-11-25(18,20)7/h12-13,15,18,21H,8-11,14H2,1-7H3/t18-,21+,24+,25-/m1/s1. The van der Waals surface area contributed by atoms with E-state index in [0.717, 1.165) is 31.4 Å². The summed E-state index contributed by atoms with van der Waals surface area (Å²) in [5.74, 6) is 0.827. The van der Waals surface area contributed by atoms with Gasteiger partial charge in [0.2, 0.25) is 0 Å². The third kappa shape index (κ3) is 3.42. The SMILES string of the molecule is CC(=O)OC1=C[C@H](C(C)C)[C@@]2(C)CC[C@]3(C)CC[C@@H]4OC(C)(C)OCC4=C3C=C12. The lowest BCUT2D eigenvalue weighted by Crippen LogP contribution is -2.45. The van der Waals surface area contributed by atoms with E-state index in [2.05, 4.69) is 39.8 Å². The second-order valence-corrected chi connectivity index (χ2v) is 10.7. The molecule has 4 nitrogen and oxygen atoms in total. The Morgan fingerprint density at radius 1 is 1.17 bits per heavy atom. The minimum Gasteiger partial charge on any atom is -0.427 e. The van der Waals surface area contributed by atoms with E-state index in [1.54, 1.807) is 0 Å². The molecule has 0 aromatic carbocycles. The van der Waals surface area contributed by atoms with Gasteiger partial charge in [0.1, 0.15) is 5.76 Å². The van der Waals surface area contributed by atoms with Gasteiger partial charge in [0, 0.05) is 17.9 Å². The third-order valence-electron chi connectivity index (χ3n) is 7.75. The quantitative estimate of drug-likeness (QED) is 0.558. The smallest absolute Gasteiger partial charge is 0.308 e. The molecule has 1 aliphatic heterocycles. The highest BCUT2D eigenvalue weighted by atomic mass is 16.7. The molecule has 0 N–H and O–H groups in total. The fraction of sp³-hybridized carbons (Fsp3) is 0.720. The molecule has 29 heavy (non-hydrogen) atoms. The van der Waals surface area contributed by atoms with Gasteiger partial charge in [0.25, 0.3) is 0 Å². The number of carbonyl (C=O) groups is 1. The molecule has 0 aromatic heterocycles. The molecule has 4 heteroatoms. The van der Waals surface area contributed by atoms with Gasteiger partial charge in [-0.25, -0.2) is 0 Å². The number of esters is 1. The average molecular weight is 401 g/mol. The molecule has 3 aliphatic carbocycles. The second kappa shape index (κ2) is 6.81. The zero-order valence-corrected chi connectivity index (χ0v) is 19.1. The fourth-order valence-electron chi connectivity index (χ4n) is 6.06. The number of fused-ring (bicyclic) bond motifs is 3. The van der Waals surface area contributed by atoms with Gasteiger partial charge in [-0.3, -0.25) is 4.79 Å². The van der Waals surface area contributed by atoms with Crippen LogP contribution in [0.5, 0.6) is 0 Å². The van der Waals surface area contributed by atoms with Gasteiger partial charge in [-0.1, -0.05) is 33.8 Å². The molecule has 4 aliphatic rings. The molecule has 0 unspecified atom stereocenters. The van der Waals surface area contributed by atoms with Gasteiger partial charge in [0.15, 0.2) is 5.79 Å². The average Bonchev–Trinajstić information content (AvgIpc) is 2.80. The Hall–Kier alpha value is -1.39. The molecule has 0 amide bonds. The third-order valence-corrected chi connectivity index (χ3v) is 7.75. The van der Waals surface area contributed by atoms with Crippen LogP contribution in [0.15, 0.2) is 34.6 Å². The van der Waals surface area contributed by atoms with E-state index in [4.69, 9.17) is 14.2 Å². The van der Waals surface area contributed by atoms with Gasteiger partial charge < -0.3 is 14.2 Å². The maximum Gasteiger partial charge on any atom is 0.308 e. The van der Waals surface area contributed by atoms with Crippen molar-refractivity contribution in [1.29, 1.82) is 0 Å². The number of hydrogen-bond donors (Lipinski definition) is 0. The number of allylic oxidation sites excluding steroid dienone is 4.